The number of hydrogen-bond donors (Lipinski definition) is 0. The van der Waals surface area contributed by atoms with Gasteiger partial charge in [-0.1, -0.05) is 12.8 Å². The van der Waals surface area contributed by atoms with Crippen molar-refractivity contribution < 1.29 is 14.5 Å². The highest BCUT2D eigenvalue weighted by Gasteiger charge is 2.24. The van der Waals surface area contributed by atoms with Crippen molar-refractivity contribution in [1.29, 1.82) is 0 Å². The Kier molecular flexibility index (Phi) is 4.13. The topological polar surface area (TPSA) is 87.3 Å². The molecule has 1 fully saturated rings. The summed E-state index contributed by atoms with van der Waals surface area (Å²) in [5.74, 6) is 0.301. The van der Waals surface area contributed by atoms with Crippen molar-refractivity contribution in [2.45, 2.75) is 39.2 Å². The monoisotopic (exact) mass is 267 g/mol. The number of rotatable bonds is 5. The molecular formula is C12H17N3O4. The van der Waals surface area contributed by atoms with E-state index in [2.05, 4.69) is 4.98 Å². The lowest BCUT2D eigenvalue weighted by Crippen LogP contribution is -2.18. The highest BCUT2D eigenvalue weighted by molar-refractivity contribution is 5.72. The quantitative estimate of drug-likeness (QED) is 0.461. The Morgan fingerprint density at radius 2 is 2.26 bits per heavy atom. The van der Waals surface area contributed by atoms with Crippen LogP contribution in [0.25, 0.3) is 0 Å². The van der Waals surface area contributed by atoms with E-state index in [0.717, 1.165) is 25.7 Å². The Morgan fingerprint density at radius 1 is 1.58 bits per heavy atom. The summed E-state index contributed by atoms with van der Waals surface area (Å²) < 4.78 is 6.63. The van der Waals surface area contributed by atoms with E-state index >= 15 is 0 Å². The van der Waals surface area contributed by atoms with Crippen LogP contribution in [0.2, 0.25) is 0 Å². The molecule has 19 heavy (non-hydrogen) atoms. The number of imidazole rings is 1. The lowest BCUT2D eigenvalue weighted by Gasteiger charge is -2.09. The molecule has 7 nitrogen and oxygen atoms in total. The number of nitrogens with zero attached hydrogens (tertiary/aromatic N) is 3. The molecule has 1 saturated carbocycles. The first-order valence-electron chi connectivity index (χ1n) is 6.42. The maximum absolute atomic E-state index is 11.7. The molecule has 104 valence electrons. The zero-order chi connectivity index (χ0) is 13.8. The van der Waals surface area contributed by atoms with Gasteiger partial charge in [0.05, 0.1) is 5.92 Å². The number of ether oxygens (including phenoxy) is 1. The van der Waals surface area contributed by atoms with Crippen LogP contribution in [0.3, 0.4) is 0 Å². The number of carbonyl (C=O) groups is 1. The van der Waals surface area contributed by atoms with Crippen molar-refractivity contribution in [1.82, 2.24) is 9.55 Å². The number of nitro groups is 1. The minimum absolute atomic E-state index is 0.0128. The van der Waals surface area contributed by atoms with Crippen molar-refractivity contribution in [2.24, 2.45) is 5.92 Å². The Bertz CT molecular complexity index is 477. The Labute approximate surface area is 110 Å². The standard InChI is InChI=1S/C12H17N3O4/c1-9-13-8-11(15(17)18)14(9)6-7-19-12(16)10-4-2-3-5-10/h8,10H,2-7H2,1H3. The van der Waals surface area contributed by atoms with Gasteiger partial charge in [0.25, 0.3) is 0 Å². The van der Waals surface area contributed by atoms with Crippen LogP contribution in [0, 0.1) is 23.0 Å². The third kappa shape index (κ3) is 3.10. The van der Waals surface area contributed by atoms with Crippen LogP contribution < -0.4 is 0 Å². The fourth-order valence-electron chi connectivity index (χ4n) is 2.40. The molecule has 0 aliphatic heterocycles. The largest absolute Gasteiger partial charge is 0.461 e. The molecule has 1 aromatic rings. The van der Waals surface area contributed by atoms with Crippen LogP contribution in [0.4, 0.5) is 5.82 Å². The number of esters is 1. The van der Waals surface area contributed by atoms with E-state index in [1.54, 1.807) is 6.92 Å². The van der Waals surface area contributed by atoms with Gasteiger partial charge >= 0.3 is 11.8 Å². The number of hydrogen-bond acceptors (Lipinski definition) is 5. The van der Waals surface area contributed by atoms with Gasteiger partial charge < -0.3 is 14.9 Å². The summed E-state index contributed by atoms with van der Waals surface area (Å²) in [7, 11) is 0. The molecule has 0 radical (unpaired) electrons. The third-order valence-electron chi connectivity index (χ3n) is 3.47. The third-order valence-corrected chi connectivity index (χ3v) is 3.47. The fraction of sp³-hybridized carbons (Fsp3) is 0.667. The minimum Gasteiger partial charge on any atom is -0.461 e. The van der Waals surface area contributed by atoms with E-state index in [1.165, 1.54) is 10.8 Å². The molecule has 0 bridgehead atoms. The summed E-state index contributed by atoms with van der Waals surface area (Å²) in [6.07, 6.45) is 5.15. The van der Waals surface area contributed by atoms with Gasteiger partial charge in [-0.3, -0.25) is 4.79 Å². The smallest absolute Gasteiger partial charge is 0.342 e. The van der Waals surface area contributed by atoms with Crippen LogP contribution in [-0.4, -0.2) is 27.1 Å². The maximum Gasteiger partial charge on any atom is 0.342 e. The van der Waals surface area contributed by atoms with Crippen LogP contribution in [-0.2, 0) is 16.1 Å². The molecule has 7 heteroatoms. The molecule has 0 unspecified atom stereocenters. The molecule has 2 rings (SSSR count). The van der Waals surface area contributed by atoms with Gasteiger partial charge in [-0.05, 0) is 17.8 Å². The summed E-state index contributed by atoms with van der Waals surface area (Å²) in [4.78, 5) is 25.9. The first-order chi connectivity index (χ1) is 9.09. The second-order valence-corrected chi connectivity index (χ2v) is 4.72. The Hall–Kier alpha value is -1.92. The van der Waals surface area contributed by atoms with E-state index in [1.807, 2.05) is 0 Å². The minimum atomic E-state index is -0.487. The van der Waals surface area contributed by atoms with E-state index in [-0.39, 0.29) is 30.9 Å². The molecule has 0 amide bonds. The highest BCUT2D eigenvalue weighted by atomic mass is 16.6. The number of carbonyl (C=O) groups excluding carboxylic acids is 1. The van der Waals surface area contributed by atoms with Crippen molar-refractivity contribution in [2.75, 3.05) is 6.61 Å². The van der Waals surface area contributed by atoms with Crippen molar-refractivity contribution in [3.8, 4) is 0 Å². The fourth-order valence-corrected chi connectivity index (χ4v) is 2.40. The van der Waals surface area contributed by atoms with Gasteiger partial charge in [-0.25, -0.2) is 9.55 Å². The van der Waals surface area contributed by atoms with Crippen LogP contribution in [0.5, 0.6) is 0 Å². The summed E-state index contributed by atoms with van der Waals surface area (Å²) in [5, 5.41) is 10.8. The van der Waals surface area contributed by atoms with Crippen molar-refractivity contribution in [3.05, 3.63) is 22.1 Å². The molecule has 0 N–H and O–H groups in total. The van der Waals surface area contributed by atoms with Crippen LogP contribution in [0.1, 0.15) is 31.5 Å². The summed E-state index contributed by atoms with van der Waals surface area (Å²) in [5.41, 5.74) is 0. The molecule has 1 aliphatic carbocycles. The number of aromatic nitrogens is 2. The molecular weight excluding hydrogens is 250 g/mol. The predicted octanol–water partition coefficient (Wildman–Crippen LogP) is 1.83. The van der Waals surface area contributed by atoms with Gasteiger partial charge in [0.15, 0.2) is 5.82 Å². The molecule has 1 aliphatic rings. The average Bonchev–Trinajstić information content (AvgIpc) is 2.99. The Morgan fingerprint density at radius 3 is 2.89 bits per heavy atom. The van der Waals surface area contributed by atoms with E-state index in [0.29, 0.717) is 5.82 Å². The SMILES string of the molecule is Cc1ncc([N+](=O)[O-])n1CCOC(=O)C1CCCC1. The number of aryl methyl sites for hydroxylation is 1. The van der Waals surface area contributed by atoms with Crippen molar-refractivity contribution >= 4 is 11.8 Å². The van der Waals surface area contributed by atoms with Gasteiger partial charge in [0.1, 0.15) is 19.3 Å². The van der Waals surface area contributed by atoms with Gasteiger partial charge in [-0.15, -0.1) is 0 Å². The summed E-state index contributed by atoms with van der Waals surface area (Å²) in [6, 6.07) is 0. The molecule has 0 saturated heterocycles. The summed E-state index contributed by atoms with van der Waals surface area (Å²) in [6.45, 7) is 2.10. The van der Waals surface area contributed by atoms with Crippen molar-refractivity contribution in [3.63, 3.8) is 0 Å². The van der Waals surface area contributed by atoms with Gasteiger partial charge in [-0.2, -0.15) is 0 Å². The summed E-state index contributed by atoms with van der Waals surface area (Å²) >= 11 is 0. The molecule has 1 aromatic heterocycles. The highest BCUT2D eigenvalue weighted by Crippen LogP contribution is 2.25. The van der Waals surface area contributed by atoms with E-state index in [9.17, 15) is 14.9 Å². The van der Waals surface area contributed by atoms with Crippen LogP contribution in [0.15, 0.2) is 6.20 Å². The van der Waals surface area contributed by atoms with E-state index < -0.39 is 4.92 Å². The Balaban J connectivity index is 1.87. The van der Waals surface area contributed by atoms with Crippen LogP contribution >= 0.6 is 0 Å². The molecule has 0 spiro atoms. The molecule has 0 aromatic carbocycles. The zero-order valence-corrected chi connectivity index (χ0v) is 10.9. The first kappa shape index (κ1) is 13.5. The molecule has 0 atom stereocenters. The van der Waals surface area contributed by atoms with E-state index in [4.69, 9.17) is 4.74 Å². The zero-order valence-electron chi connectivity index (χ0n) is 10.9. The van der Waals surface area contributed by atoms with Gasteiger partial charge in [0, 0.05) is 6.92 Å². The average molecular weight is 267 g/mol. The predicted molar refractivity (Wildman–Crippen MR) is 66.5 cm³/mol. The lowest BCUT2D eigenvalue weighted by atomic mass is 10.1. The second-order valence-electron chi connectivity index (χ2n) is 4.72. The normalized spacial score (nSPS) is 15.6. The maximum atomic E-state index is 11.7. The molecule has 1 heterocycles. The van der Waals surface area contributed by atoms with Gasteiger partial charge in [0.2, 0.25) is 0 Å². The lowest BCUT2D eigenvalue weighted by molar-refractivity contribution is -0.392. The second kappa shape index (κ2) is 5.81. The first-order valence-corrected chi connectivity index (χ1v) is 6.42.